The van der Waals surface area contributed by atoms with E-state index in [9.17, 15) is 14.3 Å². The van der Waals surface area contributed by atoms with E-state index in [-0.39, 0.29) is 29.3 Å². The third kappa shape index (κ3) is 3.11. The van der Waals surface area contributed by atoms with E-state index >= 15 is 0 Å². The van der Waals surface area contributed by atoms with Crippen molar-refractivity contribution in [3.05, 3.63) is 29.6 Å². The highest BCUT2D eigenvalue weighted by Gasteiger charge is 2.50. The van der Waals surface area contributed by atoms with E-state index in [1.807, 2.05) is 19.1 Å². The third-order valence-corrected chi connectivity index (χ3v) is 6.67. The quantitative estimate of drug-likeness (QED) is 0.880. The van der Waals surface area contributed by atoms with E-state index < -0.39 is 0 Å². The number of hydrogen-bond donors (Lipinski definition) is 1. The summed E-state index contributed by atoms with van der Waals surface area (Å²) in [5, 5.41) is 9.74. The number of rotatable bonds is 2. The predicted octanol–water partition coefficient (Wildman–Crippen LogP) is 3.26. The standard InChI is InChI=1S/C21H29FN2O2/c1-15-3-8-19(18(22)13-15)23-11-2-9-21(14-23)10-12-24(20(21)26)16-4-6-17(25)7-5-16/h3,8,13,16-17,25H,2,4-7,9-12,14H2,1H3/t16-,17-,21?. The van der Waals surface area contributed by atoms with Crippen LogP contribution in [0.15, 0.2) is 18.2 Å². The normalized spacial score (nSPS) is 32.5. The number of aliphatic hydroxyl groups is 1. The lowest BCUT2D eigenvalue weighted by atomic mass is 9.78. The van der Waals surface area contributed by atoms with Crippen molar-refractivity contribution in [2.24, 2.45) is 5.41 Å². The fraction of sp³-hybridized carbons (Fsp3) is 0.667. The second-order valence-electron chi connectivity index (χ2n) is 8.47. The molecule has 0 radical (unpaired) electrons. The SMILES string of the molecule is Cc1ccc(N2CCCC3(CCN([C@H]4CC[C@H](O)CC4)C3=O)C2)c(F)c1. The summed E-state index contributed by atoms with van der Waals surface area (Å²) in [6.45, 7) is 4.14. The zero-order valence-electron chi connectivity index (χ0n) is 15.6. The molecule has 3 fully saturated rings. The van der Waals surface area contributed by atoms with Gasteiger partial charge in [0, 0.05) is 25.7 Å². The van der Waals surface area contributed by atoms with Crippen LogP contribution in [-0.2, 0) is 4.79 Å². The van der Waals surface area contributed by atoms with Crippen molar-refractivity contribution >= 4 is 11.6 Å². The zero-order chi connectivity index (χ0) is 18.3. The number of hydrogen-bond acceptors (Lipinski definition) is 3. The summed E-state index contributed by atoms with van der Waals surface area (Å²) in [5.74, 6) is 0.0710. The van der Waals surface area contributed by atoms with Crippen molar-refractivity contribution < 1.29 is 14.3 Å². The fourth-order valence-corrected chi connectivity index (χ4v) is 5.15. The molecule has 1 atom stereocenters. The monoisotopic (exact) mass is 360 g/mol. The third-order valence-electron chi connectivity index (χ3n) is 6.67. The summed E-state index contributed by atoms with van der Waals surface area (Å²) in [7, 11) is 0. The van der Waals surface area contributed by atoms with Crippen LogP contribution < -0.4 is 4.90 Å². The summed E-state index contributed by atoms with van der Waals surface area (Å²) >= 11 is 0. The smallest absolute Gasteiger partial charge is 0.230 e. The van der Waals surface area contributed by atoms with Gasteiger partial charge in [-0.15, -0.1) is 0 Å². The summed E-state index contributed by atoms with van der Waals surface area (Å²) in [6.07, 6.45) is 5.89. The molecule has 26 heavy (non-hydrogen) atoms. The molecule has 1 spiro atoms. The molecule has 3 aliphatic rings. The van der Waals surface area contributed by atoms with Crippen molar-refractivity contribution in [3.8, 4) is 0 Å². The maximum Gasteiger partial charge on any atom is 0.230 e. The van der Waals surface area contributed by atoms with Crippen LogP contribution >= 0.6 is 0 Å². The van der Waals surface area contributed by atoms with Gasteiger partial charge in [0.15, 0.2) is 0 Å². The number of likely N-dealkylation sites (tertiary alicyclic amines) is 1. The van der Waals surface area contributed by atoms with Crippen LogP contribution in [0.1, 0.15) is 50.5 Å². The van der Waals surface area contributed by atoms with Crippen molar-refractivity contribution in [1.82, 2.24) is 4.90 Å². The maximum atomic E-state index is 14.5. The van der Waals surface area contributed by atoms with E-state index in [0.29, 0.717) is 12.2 Å². The van der Waals surface area contributed by atoms with Crippen LogP contribution in [0.25, 0.3) is 0 Å². The van der Waals surface area contributed by atoms with E-state index in [1.165, 1.54) is 0 Å². The molecular weight excluding hydrogens is 331 g/mol. The van der Waals surface area contributed by atoms with E-state index in [4.69, 9.17) is 0 Å². The lowest BCUT2D eigenvalue weighted by molar-refractivity contribution is -0.139. The van der Waals surface area contributed by atoms with Gasteiger partial charge in [0.1, 0.15) is 5.82 Å². The van der Waals surface area contributed by atoms with Crippen LogP contribution in [0.3, 0.4) is 0 Å². The maximum absolute atomic E-state index is 14.5. The molecule has 1 saturated carbocycles. The van der Waals surface area contributed by atoms with Gasteiger partial charge in [0.05, 0.1) is 17.2 Å². The largest absolute Gasteiger partial charge is 0.393 e. The molecule has 1 N–H and O–H groups in total. The Labute approximate surface area is 155 Å². The number of benzene rings is 1. The summed E-state index contributed by atoms with van der Waals surface area (Å²) in [6, 6.07) is 5.64. The number of carbonyl (C=O) groups is 1. The number of halogens is 1. The second-order valence-corrected chi connectivity index (χ2v) is 8.47. The van der Waals surface area contributed by atoms with E-state index in [0.717, 1.165) is 63.6 Å². The van der Waals surface area contributed by atoms with Crippen LogP contribution in [0, 0.1) is 18.2 Å². The molecule has 0 bridgehead atoms. The van der Waals surface area contributed by atoms with Crippen molar-refractivity contribution in [2.75, 3.05) is 24.5 Å². The lowest BCUT2D eigenvalue weighted by Crippen LogP contribution is -2.50. The van der Waals surface area contributed by atoms with Gasteiger partial charge in [0.2, 0.25) is 5.91 Å². The number of aryl methyl sites for hydroxylation is 1. The lowest BCUT2D eigenvalue weighted by Gasteiger charge is -2.41. The van der Waals surface area contributed by atoms with Crippen LogP contribution in [0.4, 0.5) is 10.1 Å². The zero-order valence-corrected chi connectivity index (χ0v) is 15.6. The molecule has 1 aromatic carbocycles. The van der Waals surface area contributed by atoms with Gasteiger partial charge in [-0.25, -0.2) is 4.39 Å². The minimum Gasteiger partial charge on any atom is -0.393 e. The number of aliphatic hydroxyl groups excluding tert-OH is 1. The molecule has 4 rings (SSSR count). The summed E-state index contributed by atoms with van der Waals surface area (Å²) in [5.41, 5.74) is 1.19. The molecule has 1 amide bonds. The Hall–Kier alpha value is -1.62. The van der Waals surface area contributed by atoms with Gasteiger partial charge in [-0.2, -0.15) is 0 Å². The molecule has 1 unspecified atom stereocenters. The molecule has 142 valence electrons. The van der Waals surface area contributed by atoms with Crippen LogP contribution in [0.2, 0.25) is 0 Å². The number of anilines is 1. The van der Waals surface area contributed by atoms with E-state index in [1.54, 1.807) is 6.07 Å². The van der Waals surface area contributed by atoms with Gasteiger partial charge in [-0.1, -0.05) is 6.07 Å². The van der Waals surface area contributed by atoms with Gasteiger partial charge in [-0.05, 0) is 69.6 Å². The average Bonchev–Trinajstić information content (AvgIpc) is 2.92. The van der Waals surface area contributed by atoms with Gasteiger partial charge >= 0.3 is 0 Å². The fourth-order valence-electron chi connectivity index (χ4n) is 5.15. The van der Waals surface area contributed by atoms with Gasteiger partial charge in [-0.3, -0.25) is 4.79 Å². The Morgan fingerprint density at radius 3 is 2.65 bits per heavy atom. The Morgan fingerprint density at radius 2 is 1.92 bits per heavy atom. The Bertz CT molecular complexity index is 687. The van der Waals surface area contributed by atoms with Crippen molar-refractivity contribution in [1.29, 1.82) is 0 Å². The Morgan fingerprint density at radius 1 is 1.15 bits per heavy atom. The first-order chi connectivity index (χ1) is 12.5. The Kier molecular flexibility index (Phi) is 4.68. The first-order valence-corrected chi connectivity index (χ1v) is 9.99. The molecule has 2 aliphatic heterocycles. The van der Waals surface area contributed by atoms with Crippen LogP contribution in [0.5, 0.6) is 0 Å². The highest BCUT2D eigenvalue weighted by atomic mass is 19.1. The molecule has 2 saturated heterocycles. The minimum atomic E-state index is -0.356. The molecule has 1 aromatic rings. The number of nitrogens with zero attached hydrogens (tertiary/aromatic N) is 2. The summed E-state index contributed by atoms with van der Waals surface area (Å²) in [4.78, 5) is 17.5. The predicted molar refractivity (Wildman–Crippen MR) is 99.6 cm³/mol. The molecule has 1 aliphatic carbocycles. The molecular formula is C21H29FN2O2. The number of amides is 1. The molecule has 5 heteroatoms. The molecule has 2 heterocycles. The van der Waals surface area contributed by atoms with Gasteiger partial charge < -0.3 is 14.9 Å². The van der Waals surface area contributed by atoms with Crippen molar-refractivity contribution in [2.45, 2.75) is 64.0 Å². The van der Waals surface area contributed by atoms with Crippen molar-refractivity contribution in [3.63, 3.8) is 0 Å². The topological polar surface area (TPSA) is 43.8 Å². The van der Waals surface area contributed by atoms with Crippen LogP contribution in [-0.4, -0.2) is 47.7 Å². The average molecular weight is 360 g/mol. The first kappa shape index (κ1) is 17.8. The highest BCUT2D eigenvalue weighted by molar-refractivity contribution is 5.86. The van der Waals surface area contributed by atoms with E-state index in [2.05, 4.69) is 9.80 Å². The highest BCUT2D eigenvalue weighted by Crippen LogP contribution is 2.43. The number of carbonyl (C=O) groups excluding carboxylic acids is 1. The Balaban J connectivity index is 1.50. The molecule has 0 aromatic heterocycles. The molecule has 4 nitrogen and oxygen atoms in total. The minimum absolute atomic E-state index is 0.189. The number of piperidine rings is 1. The second kappa shape index (κ2) is 6.84. The van der Waals surface area contributed by atoms with Gasteiger partial charge in [0.25, 0.3) is 0 Å². The summed E-state index contributed by atoms with van der Waals surface area (Å²) < 4.78 is 14.5. The first-order valence-electron chi connectivity index (χ1n) is 9.99.